The minimum Gasteiger partial charge on any atom is -0.298 e. The van der Waals surface area contributed by atoms with Crippen molar-refractivity contribution >= 4 is 31.9 Å². The molecule has 0 aromatic carbocycles. The highest BCUT2D eigenvalue weighted by Crippen LogP contribution is 2.11. The van der Waals surface area contributed by atoms with E-state index in [1.165, 1.54) is 0 Å². The van der Waals surface area contributed by atoms with Crippen molar-refractivity contribution in [3.05, 3.63) is 26.8 Å². The molecule has 3 nitrogen and oxygen atoms in total. The van der Waals surface area contributed by atoms with Crippen molar-refractivity contribution in [3.8, 4) is 0 Å². The molecule has 0 N–H and O–H groups in total. The average molecular weight is 352 g/mol. The Morgan fingerprint density at radius 2 is 2.19 bits per heavy atom. The summed E-state index contributed by atoms with van der Waals surface area (Å²) >= 11 is 6.69. The molecule has 0 saturated carbocycles. The summed E-state index contributed by atoms with van der Waals surface area (Å²) in [5.74, 6) is 0.617. The number of aromatic nitrogens is 2. The summed E-state index contributed by atoms with van der Waals surface area (Å²) in [6.07, 6.45) is 3.77. The number of nitrogens with zero attached hydrogens (tertiary/aromatic N) is 2. The lowest BCUT2D eigenvalue weighted by Crippen LogP contribution is -2.23. The Hall–Kier alpha value is -0.160. The number of hydrogen-bond donors (Lipinski definition) is 0. The van der Waals surface area contributed by atoms with Gasteiger partial charge in [0.05, 0.1) is 12.0 Å². The molecule has 1 heterocycles. The fourth-order valence-corrected chi connectivity index (χ4v) is 2.51. The molecule has 0 saturated heterocycles. The molecule has 1 unspecified atom stereocenters. The van der Waals surface area contributed by atoms with Crippen LogP contribution in [0.2, 0.25) is 0 Å². The highest BCUT2D eigenvalue weighted by molar-refractivity contribution is 9.10. The number of hydrogen-bond acceptors (Lipinski definition) is 2. The van der Waals surface area contributed by atoms with Gasteiger partial charge in [0.1, 0.15) is 4.47 Å². The van der Waals surface area contributed by atoms with Crippen LogP contribution in [0, 0.1) is 12.8 Å². The van der Waals surface area contributed by atoms with Crippen LogP contribution < -0.4 is 5.56 Å². The van der Waals surface area contributed by atoms with E-state index in [1.54, 1.807) is 10.9 Å². The lowest BCUT2D eigenvalue weighted by atomic mass is 10.1. The van der Waals surface area contributed by atoms with Crippen molar-refractivity contribution in [1.82, 2.24) is 9.55 Å². The Bertz CT molecular complexity index is 403. The maximum Gasteiger partial charge on any atom is 0.267 e. The van der Waals surface area contributed by atoms with Crippen LogP contribution in [0.1, 0.15) is 25.5 Å². The molecule has 0 aliphatic carbocycles. The van der Waals surface area contributed by atoms with E-state index in [2.05, 4.69) is 43.8 Å². The second kappa shape index (κ2) is 6.55. The highest BCUT2D eigenvalue weighted by atomic mass is 79.9. The van der Waals surface area contributed by atoms with Gasteiger partial charge in [0.15, 0.2) is 0 Å². The first kappa shape index (κ1) is 13.9. The molecule has 5 heteroatoms. The monoisotopic (exact) mass is 350 g/mol. The fraction of sp³-hybridized carbons (Fsp3) is 0.636. The van der Waals surface area contributed by atoms with Crippen molar-refractivity contribution < 1.29 is 0 Å². The second-order valence-corrected chi connectivity index (χ2v) is 5.60. The smallest absolute Gasteiger partial charge is 0.267 e. The SMILES string of the molecule is Cc1ncn(CCC(C)CCBr)c(=O)c1Br. The number of alkyl halides is 1. The lowest BCUT2D eigenvalue weighted by molar-refractivity contribution is 0.462. The maximum atomic E-state index is 11.8. The maximum absolute atomic E-state index is 11.8. The van der Waals surface area contributed by atoms with Crippen LogP contribution in [0.5, 0.6) is 0 Å². The van der Waals surface area contributed by atoms with E-state index < -0.39 is 0 Å². The summed E-state index contributed by atoms with van der Waals surface area (Å²) in [5, 5.41) is 1.01. The number of aryl methyl sites for hydroxylation is 2. The van der Waals surface area contributed by atoms with E-state index in [-0.39, 0.29) is 5.56 Å². The van der Waals surface area contributed by atoms with Crippen molar-refractivity contribution in [1.29, 1.82) is 0 Å². The van der Waals surface area contributed by atoms with Gasteiger partial charge in [0.2, 0.25) is 0 Å². The lowest BCUT2D eigenvalue weighted by Gasteiger charge is -2.11. The molecule has 16 heavy (non-hydrogen) atoms. The van der Waals surface area contributed by atoms with Crippen LogP contribution in [0.4, 0.5) is 0 Å². The van der Waals surface area contributed by atoms with Crippen LogP contribution >= 0.6 is 31.9 Å². The molecule has 0 radical (unpaired) electrons. The molecular weight excluding hydrogens is 336 g/mol. The molecule has 0 bridgehead atoms. The number of halogens is 2. The molecule has 1 aromatic rings. The largest absolute Gasteiger partial charge is 0.298 e. The molecule has 0 fully saturated rings. The molecule has 0 amide bonds. The third-order valence-corrected chi connectivity index (χ3v) is 3.99. The second-order valence-electron chi connectivity index (χ2n) is 4.01. The Balaban J connectivity index is 2.68. The van der Waals surface area contributed by atoms with Crippen LogP contribution in [-0.2, 0) is 6.54 Å². The molecule has 1 rings (SSSR count). The van der Waals surface area contributed by atoms with Gasteiger partial charge >= 0.3 is 0 Å². The van der Waals surface area contributed by atoms with Crippen LogP contribution in [0.15, 0.2) is 15.6 Å². The first-order valence-corrected chi connectivity index (χ1v) is 7.25. The summed E-state index contributed by atoms with van der Waals surface area (Å²) in [6, 6.07) is 0. The minimum absolute atomic E-state index is 0.0125. The first-order valence-electron chi connectivity index (χ1n) is 5.33. The van der Waals surface area contributed by atoms with Gasteiger partial charge in [-0.05, 0) is 41.6 Å². The molecule has 90 valence electrons. The zero-order valence-corrected chi connectivity index (χ0v) is 12.7. The minimum atomic E-state index is 0.0125. The quantitative estimate of drug-likeness (QED) is 0.764. The third-order valence-electron chi connectivity index (χ3n) is 2.62. The Morgan fingerprint density at radius 1 is 1.50 bits per heavy atom. The van der Waals surface area contributed by atoms with Gasteiger partial charge in [-0.3, -0.25) is 9.36 Å². The van der Waals surface area contributed by atoms with Crippen molar-refractivity contribution in [3.63, 3.8) is 0 Å². The molecule has 1 atom stereocenters. The number of rotatable bonds is 5. The standard InChI is InChI=1S/C11H16Br2N2O/c1-8(3-5-12)4-6-15-7-14-9(2)10(13)11(15)16/h7-8H,3-6H2,1-2H3. The van der Waals surface area contributed by atoms with Gasteiger partial charge in [0.25, 0.3) is 5.56 Å². The Kier molecular flexibility index (Phi) is 5.69. The van der Waals surface area contributed by atoms with E-state index in [0.717, 1.165) is 30.4 Å². The molecule has 1 aromatic heterocycles. The normalized spacial score (nSPS) is 12.8. The van der Waals surface area contributed by atoms with E-state index in [4.69, 9.17) is 0 Å². The highest BCUT2D eigenvalue weighted by Gasteiger charge is 2.07. The van der Waals surface area contributed by atoms with Gasteiger partial charge < -0.3 is 0 Å². The fourth-order valence-electron chi connectivity index (χ4n) is 1.40. The zero-order valence-electron chi connectivity index (χ0n) is 9.54. The molecule has 0 spiro atoms. The van der Waals surface area contributed by atoms with Gasteiger partial charge in [-0.25, -0.2) is 4.98 Å². The van der Waals surface area contributed by atoms with Crippen LogP contribution in [-0.4, -0.2) is 14.9 Å². The summed E-state index contributed by atoms with van der Waals surface area (Å²) in [6.45, 7) is 4.76. The van der Waals surface area contributed by atoms with Gasteiger partial charge in [-0.15, -0.1) is 0 Å². The summed E-state index contributed by atoms with van der Waals surface area (Å²) in [4.78, 5) is 16.0. The molecular formula is C11H16Br2N2O. The third kappa shape index (κ3) is 3.70. The Labute approximate surface area is 113 Å². The van der Waals surface area contributed by atoms with Crippen LogP contribution in [0.25, 0.3) is 0 Å². The van der Waals surface area contributed by atoms with E-state index in [1.807, 2.05) is 6.92 Å². The van der Waals surface area contributed by atoms with Crippen molar-refractivity contribution in [2.24, 2.45) is 5.92 Å². The average Bonchev–Trinajstić information content (AvgIpc) is 2.25. The zero-order chi connectivity index (χ0) is 12.1. The van der Waals surface area contributed by atoms with E-state index in [9.17, 15) is 4.79 Å². The summed E-state index contributed by atoms with van der Waals surface area (Å²) in [5.41, 5.74) is 0.758. The molecule has 0 aliphatic rings. The van der Waals surface area contributed by atoms with Crippen molar-refractivity contribution in [2.75, 3.05) is 5.33 Å². The van der Waals surface area contributed by atoms with E-state index in [0.29, 0.717) is 10.4 Å². The van der Waals surface area contributed by atoms with Gasteiger partial charge in [0, 0.05) is 11.9 Å². The first-order chi connectivity index (χ1) is 7.56. The van der Waals surface area contributed by atoms with Gasteiger partial charge in [-0.1, -0.05) is 22.9 Å². The predicted octanol–water partition coefficient (Wildman–Crippen LogP) is 3.13. The predicted molar refractivity (Wildman–Crippen MR) is 73.1 cm³/mol. The topological polar surface area (TPSA) is 34.9 Å². The summed E-state index contributed by atoms with van der Waals surface area (Å²) < 4.78 is 2.24. The van der Waals surface area contributed by atoms with Crippen LogP contribution in [0.3, 0.4) is 0 Å². The van der Waals surface area contributed by atoms with Crippen molar-refractivity contribution in [2.45, 2.75) is 33.2 Å². The van der Waals surface area contributed by atoms with E-state index >= 15 is 0 Å². The Morgan fingerprint density at radius 3 is 2.81 bits per heavy atom. The molecule has 0 aliphatic heterocycles. The summed E-state index contributed by atoms with van der Waals surface area (Å²) in [7, 11) is 0. The van der Waals surface area contributed by atoms with Gasteiger partial charge in [-0.2, -0.15) is 0 Å².